The maximum absolute atomic E-state index is 12.6. The summed E-state index contributed by atoms with van der Waals surface area (Å²) in [7, 11) is -4.75. The molecular weight excluding hydrogens is 749 g/mol. The molecule has 0 amide bonds. The number of allylic oxidation sites excluding steroid dienone is 10. The smallest absolute Gasteiger partial charge is 0.472 e. The van der Waals surface area contributed by atoms with Crippen molar-refractivity contribution in [2.75, 3.05) is 19.8 Å². The van der Waals surface area contributed by atoms with Crippen LogP contribution in [0.4, 0.5) is 0 Å². The normalized spacial score (nSPS) is 15.0. The zero-order chi connectivity index (χ0) is 42.2. The molecule has 0 spiro atoms. The first-order valence-corrected chi connectivity index (χ1v) is 22.6. The van der Waals surface area contributed by atoms with Gasteiger partial charge in [-0.15, -0.1) is 0 Å². The summed E-state index contributed by atoms with van der Waals surface area (Å²) in [5, 5.41) is 18.9. The van der Waals surface area contributed by atoms with Gasteiger partial charge in [-0.05, 0) is 70.6 Å². The Balaban J connectivity index is 4.57. The summed E-state index contributed by atoms with van der Waals surface area (Å²) in [5.41, 5.74) is 5.32. The lowest BCUT2D eigenvalue weighted by atomic mass is 10.1. The molecule has 0 heterocycles. The van der Waals surface area contributed by atoms with Crippen LogP contribution in [0.5, 0.6) is 0 Å². The van der Waals surface area contributed by atoms with Crippen LogP contribution in [0.25, 0.3) is 0 Å². The Morgan fingerprint density at radius 2 is 1.21 bits per heavy atom. The van der Waals surface area contributed by atoms with Crippen molar-refractivity contribution in [3.8, 4) is 0 Å². The van der Waals surface area contributed by atoms with Gasteiger partial charge in [0.2, 0.25) is 0 Å². The van der Waals surface area contributed by atoms with Crippen molar-refractivity contribution in [3.63, 3.8) is 0 Å². The molecular formula is C44H74NO11P. The summed E-state index contributed by atoms with van der Waals surface area (Å²) in [6.45, 7) is 2.51. The van der Waals surface area contributed by atoms with Gasteiger partial charge in [0, 0.05) is 12.8 Å². The molecule has 57 heavy (non-hydrogen) atoms. The third-order valence-electron chi connectivity index (χ3n) is 8.52. The molecule has 0 bridgehead atoms. The van der Waals surface area contributed by atoms with Crippen LogP contribution in [0, 0.1) is 0 Å². The molecule has 12 nitrogen and oxygen atoms in total. The molecule has 5 N–H and O–H groups in total. The fourth-order valence-corrected chi connectivity index (χ4v) is 5.96. The van der Waals surface area contributed by atoms with Crippen molar-refractivity contribution >= 4 is 25.7 Å². The molecule has 0 saturated heterocycles. The van der Waals surface area contributed by atoms with Crippen molar-refractivity contribution in [2.45, 2.75) is 167 Å². The Bertz CT molecular complexity index is 1260. The number of carboxylic acid groups (broad SMARTS) is 1. The van der Waals surface area contributed by atoms with E-state index in [1.807, 2.05) is 42.5 Å². The van der Waals surface area contributed by atoms with E-state index in [2.05, 4.69) is 42.7 Å². The Labute approximate surface area is 343 Å². The molecule has 0 saturated carbocycles. The van der Waals surface area contributed by atoms with E-state index in [-0.39, 0.29) is 12.8 Å². The number of rotatable bonds is 38. The molecule has 0 aromatic rings. The highest BCUT2D eigenvalue weighted by atomic mass is 31.2. The number of aliphatic hydroxyl groups is 1. The molecule has 13 heteroatoms. The van der Waals surface area contributed by atoms with Crippen molar-refractivity contribution in [1.82, 2.24) is 0 Å². The molecule has 0 rings (SSSR count). The molecule has 0 aromatic heterocycles. The maximum Gasteiger partial charge on any atom is 0.472 e. The van der Waals surface area contributed by atoms with Crippen molar-refractivity contribution in [3.05, 3.63) is 72.9 Å². The molecule has 2 unspecified atom stereocenters. The van der Waals surface area contributed by atoms with Gasteiger partial charge in [0.25, 0.3) is 0 Å². The SMILES string of the molecule is CC/C=C\C/C=C\CC(O)/C=C/C=C\C/C=C\CCCC(=O)OC[C@H](COP(=O)(O)OC[C@H](N)C(=O)O)OC(=O)CCCCCCC/C=C\CCCCCCCC. The van der Waals surface area contributed by atoms with Crippen LogP contribution in [-0.4, -0.2) is 71.1 Å². The van der Waals surface area contributed by atoms with Crippen LogP contribution < -0.4 is 5.73 Å². The molecule has 0 aliphatic carbocycles. The third-order valence-corrected chi connectivity index (χ3v) is 9.47. The number of aliphatic carboxylic acids is 1. The number of aliphatic hydroxyl groups excluding tert-OH is 1. The average Bonchev–Trinajstić information content (AvgIpc) is 3.18. The zero-order valence-corrected chi connectivity index (χ0v) is 35.7. The van der Waals surface area contributed by atoms with Crippen molar-refractivity contribution < 1.29 is 52.6 Å². The number of carbonyl (C=O) groups excluding carboxylic acids is 2. The van der Waals surface area contributed by atoms with Crippen LogP contribution in [0.1, 0.15) is 149 Å². The minimum atomic E-state index is -4.75. The first-order valence-electron chi connectivity index (χ1n) is 21.1. The van der Waals surface area contributed by atoms with Gasteiger partial charge in [-0.3, -0.25) is 23.4 Å². The van der Waals surface area contributed by atoms with E-state index in [1.165, 1.54) is 38.5 Å². The number of phosphoric ester groups is 1. The largest absolute Gasteiger partial charge is 0.480 e. The quantitative estimate of drug-likeness (QED) is 0.0152. The van der Waals surface area contributed by atoms with Gasteiger partial charge in [0.1, 0.15) is 12.6 Å². The lowest BCUT2D eigenvalue weighted by molar-refractivity contribution is -0.161. The van der Waals surface area contributed by atoms with Gasteiger partial charge >= 0.3 is 25.7 Å². The highest BCUT2D eigenvalue weighted by Gasteiger charge is 2.28. The number of unbranched alkanes of at least 4 members (excludes halogenated alkanes) is 12. The number of phosphoric acid groups is 1. The number of carboxylic acids is 1. The van der Waals surface area contributed by atoms with E-state index < -0.39 is 63.8 Å². The highest BCUT2D eigenvalue weighted by molar-refractivity contribution is 7.47. The summed E-state index contributed by atoms with van der Waals surface area (Å²) in [4.78, 5) is 45.9. The average molecular weight is 824 g/mol. The molecule has 326 valence electrons. The topological polar surface area (TPSA) is 192 Å². The highest BCUT2D eigenvalue weighted by Crippen LogP contribution is 2.43. The predicted molar refractivity (Wildman–Crippen MR) is 227 cm³/mol. The molecule has 0 aromatic carbocycles. The standard InChI is InChI=1S/C44H74NO11P/c1-3-5-7-9-11-12-13-14-15-16-17-18-23-27-31-35-43(48)56-40(37-54-57(51,52)55-38-41(45)44(49)50)36-53-42(47)34-30-26-22-20-19-21-25-29-33-39(46)32-28-24-10-8-6-4-2/h6,8,14-15,20-22,24-25,28-29,33,39-41,46H,3-5,7,9-13,16-19,23,26-27,30-32,34-38,45H2,1-2H3,(H,49,50)(H,51,52)/b8-6-,15-14-,22-20-,25-21-,28-24-,33-29+/t39?,40-,41+/m1/s1. The minimum absolute atomic E-state index is 0.106. The fourth-order valence-electron chi connectivity index (χ4n) is 5.18. The fraction of sp³-hybridized carbons (Fsp3) is 0.659. The molecule has 0 fully saturated rings. The monoisotopic (exact) mass is 823 g/mol. The van der Waals surface area contributed by atoms with Crippen molar-refractivity contribution in [2.24, 2.45) is 5.73 Å². The number of nitrogens with two attached hydrogens (primary N) is 1. The molecule has 0 aliphatic heterocycles. The molecule has 4 atom stereocenters. The third kappa shape index (κ3) is 38.2. The number of hydrogen-bond donors (Lipinski definition) is 4. The number of hydrogen-bond acceptors (Lipinski definition) is 10. The summed E-state index contributed by atoms with van der Waals surface area (Å²) >= 11 is 0. The van der Waals surface area contributed by atoms with E-state index in [4.69, 9.17) is 24.8 Å². The summed E-state index contributed by atoms with van der Waals surface area (Å²) in [6.07, 6.45) is 41.5. The number of esters is 2. The maximum atomic E-state index is 12.6. The van der Waals surface area contributed by atoms with Crippen LogP contribution in [-0.2, 0) is 37.5 Å². The predicted octanol–water partition coefficient (Wildman–Crippen LogP) is 9.92. The Morgan fingerprint density at radius 1 is 0.649 bits per heavy atom. The van der Waals surface area contributed by atoms with Gasteiger partial charge in [0.15, 0.2) is 6.10 Å². The summed E-state index contributed by atoms with van der Waals surface area (Å²) < 4.78 is 32.6. The van der Waals surface area contributed by atoms with E-state index in [0.29, 0.717) is 32.1 Å². The van der Waals surface area contributed by atoms with E-state index in [1.54, 1.807) is 6.08 Å². The summed E-state index contributed by atoms with van der Waals surface area (Å²) in [6, 6.07) is -1.54. The van der Waals surface area contributed by atoms with Crippen LogP contribution in [0.3, 0.4) is 0 Å². The van der Waals surface area contributed by atoms with E-state index >= 15 is 0 Å². The summed E-state index contributed by atoms with van der Waals surface area (Å²) in [5.74, 6) is -2.52. The van der Waals surface area contributed by atoms with E-state index in [0.717, 1.165) is 51.4 Å². The Kier molecular flexibility index (Phi) is 36.3. The van der Waals surface area contributed by atoms with Crippen molar-refractivity contribution in [1.29, 1.82) is 0 Å². The first-order chi connectivity index (χ1) is 27.5. The van der Waals surface area contributed by atoms with Crippen LogP contribution in [0.2, 0.25) is 0 Å². The molecule has 0 aliphatic rings. The second-order valence-electron chi connectivity index (χ2n) is 13.9. The van der Waals surface area contributed by atoms with Gasteiger partial charge < -0.3 is 30.3 Å². The number of carbonyl (C=O) groups is 3. The second kappa shape index (κ2) is 38.4. The minimum Gasteiger partial charge on any atom is -0.480 e. The first kappa shape index (κ1) is 53.9. The molecule has 0 radical (unpaired) electrons. The van der Waals surface area contributed by atoms with Crippen LogP contribution in [0.15, 0.2) is 72.9 Å². The lowest BCUT2D eigenvalue weighted by Gasteiger charge is -2.20. The number of ether oxygens (including phenoxy) is 2. The van der Waals surface area contributed by atoms with E-state index in [9.17, 15) is 28.9 Å². The van der Waals surface area contributed by atoms with Crippen LogP contribution >= 0.6 is 7.82 Å². The van der Waals surface area contributed by atoms with Gasteiger partial charge in [-0.2, -0.15) is 0 Å². The van der Waals surface area contributed by atoms with Gasteiger partial charge in [0.05, 0.1) is 19.3 Å². The zero-order valence-electron chi connectivity index (χ0n) is 34.8. The Morgan fingerprint density at radius 3 is 1.89 bits per heavy atom. The Hall–Kier alpha value is -3.12. The second-order valence-corrected chi connectivity index (χ2v) is 15.4. The van der Waals surface area contributed by atoms with Gasteiger partial charge in [-0.1, -0.05) is 138 Å². The van der Waals surface area contributed by atoms with Gasteiger partial charge in [-0.25, -0.2) is 4.57 Å². The lowest BCUT2D eigenvalue weighted by Crippen LogP contribution is -2.34.